The quantitative estimate of drug-likeness (QED) is 0.791. The van der Waals surface area contributed by atoms with Crippen LogP contribution in [0.25, 0.3) is 0 Å². The molecule has 0 radical (unpaired) electrons. The van der Waals surface area contributed by atoms with Gasteiger partial charge in [-0.2, -0.15) is 11.8 Å². The smallest absolute Gasteiger partial charge is 0.346 e. The van der Waals surface area contributed by atoms with Crippen molar-refractivity contribution in [3.63, 3.8) is 0 Å². The number of aromatic carboxylic acids is 1. The summed E-state index contributed by atoms with van der Waals surface area (Å²) >= 11 is 2.92. The molecule has 0 amide bonds. The van der Waals surface area contributed by atoms with Crippen LogP contribution in [0, 0.1) is 0 Å². The zero-order chi connectivity index (χ0) is 8.27. The monoisotopic (exact) mass is 188 g/mol. The van der Waals surface area contributed by atoms with Crippen LogP contribution in [0.15, 0.2) is 11.4 Å². The Hall–Kier alpha value is -0.480. The first-order chi connectivity index (χ1) is 5.25. The molecule has 0 saturated heterocycles. The fraction of sp³-hybridized carbons (Fsp3) is 0.286. The maximum atomic E-state index is 10.6. The van der Waals surface area contributed by atoms with E-state index in [0.717, 1.165) is 11.3 Å². The molecule has 0 aromatic carbocycles. The topological polar surface area (TPSA) is 37.3 Å². The van der Waals surface area contributed by atoms with Gasteiger partial charge in [0.1, 0.15) is 4.88 Å². The number of carboxylic acids is 1. The van der Waals surface area contributed by atoms with Crippen LogP contribution >= 0.6 is 23.1 Å². The minimum Gasteiger partial charge on any atom is -0.477 e. The van der Waals surface area contributed by atoms with E-state index in [4.69, 9.17) is 5.11 Å². The molecule has 0 aliphatic heterocycles. The Morgan fingerprint density at radius 3 is 3.09 bits per heavy atom. The van der Waals surface area contributed by atoms with Gasteiger partial charge < -0.3 is 5.11 Å². The highest BCUT2D eigenvalue weighted by Gasteiger charge is 2.09. The molecule has 1 aromatic heterocycles. The van der Waals surface area contributed by atoms with Crippen molar-refractivity contribution >= 4 is 29.1 Å². The summed E-state index contributed by atoms with van der Waals surface area (Å²) in [4.78, 5) is 11.0. The maximum Gasteiger partial charge on any atom is 0.346 e. The molecule has 0 spiro atoms. The molecule has 1 heterocycles. The van der Waals surface area contributed by atoms with Gasteiger partial charge in [-0.3, -0.25) is 0 Å². The fourth-order valence-corrected chi connectivity index (χ4v) is 2.20. The van der Waals surface area contributed by atoms with E-state index in [1.54, 1.807) is 11.8 Å². The second-order valence-electron chi connectivity index (χ2n) is 2.01. The van der Waals surface area contributed by atoms with Crippen LogP contribution in [-0.2, 0) is 5.75 Å². The largest absolute Gasteiger partial charge is 0.477 e. The highest BCUT2D eigenvalue weighted by molar-refractivity contribution is 7.97. The van der Waals surface area contributed by atoms with Crippen LogP contribution < -0.4 is 0 Å². The van der Waals surface area contributed by atoms with Gasteiger partial charge in [-0.15, -0.1) is 11.3 Å². The lowest BCUT2D eigenvalue weighted by Crippen LogP contribution is -1.95. The van der Waals surface area contributed by atoms with E-state index in [-0.39, 0.29) is 0 Å². The van der Waals surface area contributed by atoms with E-state index in [0.29, 0.717) is 4.88 Å². The number of thiophene rings is 1. The van der Waals surface area contributed by atoms with Crippen molar-refractivity contribution in [2.24, 2.45) is 0 Å². The number of hydrogen-bond donors (Lipinski definition) is 1. The van der Waals surface area contributed by atoms with Gasteiger partial charge in [-0.05, 0) is 23.3 Å². The molecule has 0 saturated carbocycles. The summed E-state index contributed by atoms with van der Waals surface area (Å²) in [6.07, 6.45) is 1.96. The summed E-state index contributed by atoms with van der Waals surface area (Å²) in [7, 11) is 0. The van der Waals surface area contributed by atoms with Gasteiger partial charge in [0.05, 0.1) is 0 Å². The number of carboxylic acid groups (broad SMARTS) is 1. The van der Waals surface area contributed by atoms with Gasteiger partial charge in [-0.1, -0.05) is 0 Å². The van der Waals surface area contributed by atoms with Crippen molar-refractivity contribution in [1.29, 1.82) is 0 Å². The lowest BCUT2D eigenvalue weighted by molar-refractivity contribution is 0.0701. The molecule has 0 aliphatic carbocycles. The third-order valence-electron chi connectivity index (χ3n) is 1.24. The molecule has 1 rings (SSSR count). The van der Waals surface area contributed by atoms with Crippen molar-refractivity contribution in [2.75, 3.05) is 6.26 Å². The number of rotatable bonds is 3. The molecule has 11 heavy (non-hydrogen) atoms. The molecule has 0 unspecified atom stereocenters. The van der Waals surface area contributed by atoms with Gasteiger partial charge in [0.15, 0.2) is 0 Å². The minimum atomic E-state index is -0.816. The van der Waals surface area contributed by atoms with E-state index >= 15 is 0 Å². The molecule has 0 fully saturated rings. The summed E-state index contributed by atoms with van der Waals surface area (Å²) in [5.41, 5.74) is 0.926. The first-order valence-corrected chi connectivity index (χ1v) is 5.31. The summed E-state index contributed by atoms with van der Waals surface area (Å²) < 4.78 is 0. The van der Waals surface area contributed by atoms with Gasteiger partial charge in [0.2, 0.25) is 0 Å². The molecule has 0 atom stereocenters. The summed E-state index contributed by atoms with van der Waals surface area (Å²) in [5.74, 6) is -0.0328. The SMILES string of the molecule is CSCc1ccsc1C(=O)O. The van der Waals surface area contributed by atoms with E-state index in [2.05, 4.69) is 0 Å². The van der Waals surface area contributed by atoms with E-state index in [1.165, 1.54) is 11.3 Å². The fourth-order valence-electron chi connectivity index (χ4n) is 0.792. The van der Waals surface area contributed by atoms with E-state index in [1.807, 2.05) is 17.7 Å². The predicted molar refractivity (Wildman–Crippen MR) is 48.5 cm³/mol. The van der Waals surface area contributed by atoms with Crippen LogP contribution in [0.2, 0.25) is 0 Å². The lowest BCUT2D eigenvalue weighted by Gasteiger charge is -1.94. The molecule has 60 valence electrons. The normalized spacial score (nSPS) is 9.91. The average Bonchev–Trinajstić information content (AvgIpc) is 2.36. The summed E-state index contributed by atoms with van der Waals surface area (Å²) in [6, 6.07) is 1.87. The maximum absolute atomic E-state index is 10.6. The van der Waals surface area contributed by atoms with Crippen molar-refractivity contribution in [2.45, 2.75) is 5.75 Å². The van der Waals surface area contributed by atoms with Crippen LogP contribution in [0.5, 0.6) is 0 Å². The molecular formula is C7H8O2S2. The average molecular weight is 188 g/mol. The Morgan fingerprint density at radius 1 is 1.82 bits per heavy atom. The molecule has 1 N–H and O–H groups in total. The van der Waals surface area contributed by atoms with Crippen molar-refractivity contribution in [3.05, 3.63) is 21.9 Å². The number of hydrogen-bond acceptors (Lipinski definition) is 3. The minimum absolute atomic E-state index is 0.472. The molecule has 0 aliphatic rings. The second kappa shape index (κ2) is 3.78. The molecule has 4 heteroatoms. The number of carbonyl (C=O) groups is 1. The highest BCUT2D eigenvalue weighted by atomic mass is 32.2. The van der Waals surface area contributed by atoms with Crippen molar-refractivity contribution in [1.82, 2.24) is 0 Å². The van der Waals surface area contributed by atoms with Gasteiger partial charge in [0, 0.05) is 5.75 Å². The molecule has 0 bridgehead atoms. The Morgan fingerprint density at radius 2 is 2.55 bits per heavy atom. The highest BCUT2D eigenvalue weighted by Crippen LogP contribution is 2.20. The van der Waals surface area contributed by atoms with Crippen LogP contribution in [0.3, 0.4) is 0 Å². The third kappa shape index (κ3) is 1.97. The van der Waals surface area contributed by atoms with Gasteiger partial charge >= 0.3 is 5.97 Å². The zero-order valence-corrected chi connectivity index (χ0v) is 7.67. The number of thioether (sulfide) groups is 1. The van der Waals surface area contributed by atoms with Gasteiger partial charge in [-0.25, -0.2) is 4.79 Å². The van der Waals surface area contributed by atoms with E-state index in [9.17, 15) is 4.79 Å². The standard InChI is InChI=1S/C7H8O2S2/c1-10-4-5-2-3-11-6(5)7(8)9/h2-3H,4H2,1H3,(H,8,9). The van der Waals surface area contributed by atoms with Crippen molar-refractivity contribution in [3.8, 4) is 0 Å². The first kappa shape index (κ1) is 8.62. The molecule has 2 nitrogen and oxygen atoms in total. The first-order valence-electron chi connectivity index (χ1n) is 3.04. The van der Waals surface area contributed by atoms with Crippen molar-refractivity contribution < 1.29 is 9.90 Å². The van der Waals surface area contributed by atoms with Crippen LogP contribution in [0.4, 0.5) is 0 Å². The Bertz CT molecular complexity index is 255. The summed E-state index contributed by atoms with van der Waals surface area (Å²) in [6.45, 7) is 0. The second-order valence-corrected chi connectivity index (χ2v) is 3.80. The van der Waals surface area contributed by atoms with Crippen LogP contribution in [0.1, 0.15) is 15.2 Å². The Kier molecular flexibility index (Phi) is 2.96. The Balaban J connectivity index is 2.87. The van der Waals surface area contributed by atoms with Crippen LogP contribution in [-0.4, -0.2) is 17.3 Å². The predicted octanol–water partition coefficient (Wildman–Crippen LogP) is 2.31. The zero-order valence-electron chi connectivity index (χ0n) is 6.03. The van der Waals surface area contributed by atoms with E-state index < -0.39 is 5.97 Å². The van der Waals surface area contributed by atoms with Gasteiger partial charge in [0.25, 0.3) is 0 Å². The Labute approximate surface area is 73.2 Å². The third-order valence-corrected chi connectivity index (χ3v) is 2.79. The molecular weight excluding hydrogens is 180 g/mol. The molecule has 1 aromatic rings. The lowest BCUT2D eigenvalue weighted by atomic mass is 10.3. The summed E-state index contributed by atoms with van der Waals surface area (Å²) in [5, 5.41) is 10.5.